The van der Waals surface area contributed by atoms with E-state index in [0.717, 1.165) is 35.7 Å². The number of rotatable bonds is 8. The van der Waals surface area contributed by atoms with Gasteiger partial charge in [0.15, 0.2) is 0 Å². The number of carbonyl (C=O) groups is 1. The Morgan fingerprint density at radius 1 is 1.27 bits per heavy atom. The third-order valence-corrected chi connectivity index (χ3v) is 8.50. The van der Waals surface area contributed by atoms with Crippen molar-refractivity contribution < 1.29 is 14.3 Å². The highest BCUT2D eigenvalue weighted by Gasteiger charge is 2.35. The minimum absolute atomic E-state index is 0.0976. The number of nitrogens with zero attached hydrogens (tertiary/aromatic N) is 7. The van der Waals surface area contributed by atoms with Crippen molar-refractivity contribution >= 4 is 28.4 Å². The summed E-state index contributed by atoms with van der Waals surface area (Å²) in [6.07, 6.45) is 4.45. The highest BCUT2D eigenvalue weighted by Crippen LogP contribution is 2.39. The summed E-state index contributed by atoms with van der Waals surface area (Å²) in [5.74, 6) is -0.396. The van der Waals surface area contributed by atoms with Gasteiger partial charge >= 0.3 is 0 Å². The van der Waals surface area contributed by atoms with Gasteiger partial charge in [-0.3, -0.25) is 9.78 Å². The summed E-state index contributed by atoms with van der Waals surface area (Å²) in [6.45, 7) is 4.68. The molecule has 0 aliphatic heterocycles. The number of aromatic nitrogens is 5. The lowest BCUT2D eigenvalue weighted by Gasteiger charge is -2.40. The van der Waals surface area contributed by atoms with Crippen LogP contribution in [0.1, 0.15) is 71.4 Å². The van der Waals surface area contributed by atoms with Gasteiger partial charge in [-0.1, -0.05) is 0 Å². The summed E-state index contributed by atoms with van der Waals surface area (Å²) in [4.78, 5) is 18.9. The summed E-state index contributed by atoms with van der Waals surface area (Å²) in [6, 6.07) is 9.09. The van der Waals surface area contributed by atoms with Gasteiger partial charge in [0, 0.05) is 18.2 Å². The lowest BCUT2D eigenvalue weighted by atomic mass is 9.85. The number of anilines is 1. The van der Waals surface area contributed by atoms with E-state index in [2.05, 4.69) is 26.3 Å². The molecule has 4 heterocycles. The van der Waals surface area contributed by atoms with Crippen LogP contribution in [0.5, 0.6) is 0 Å². The lowest BCUT2D eigenvalue weighted by molar-refractivity contribution is -0.000439. The van der Waals surface area contributed by atoms with Crippen LogP contribution in [0, 0.1) is 18.3 Å². The molecule has 1 atom stereocenters. The van der Waals surface area contributed by atoms with Crippen LogP contribution >= 0.6 is 11.3 Å². The molecule has 1 aliphatic carbocycles. The predicted molar refractivity (Wildman–Crippen MR) is 150 cm³/mol. The minimum atomic E-state index is -1.59. The number of pyridine rings is 1. The topological polar surface area (TPSA) is 146 Å². The van der Waals surface area contributed by atoms with E-state index in [9.17, 15) is 15.2 Å². The second-order valence-electron chi connectivity index (χ2n) is 10.8. The van der Waals surface area contributed by atoms with E-state index in [4.69, 9.17) is 5.73 Å². The average Bonchev–Trinajstić information content (AvgIpc) is 3.56. The van der Waals surface area contributed by atoms with Gasteiger partial charge < -0.3 is 15.7 Å². The molecular formula is C28H31FN8O2S. The molecule has 1 fully saturated rings. The van der Waals surface area contributed by atoms with Crippen molar-refractivity contribution in [3.8, 4) is 17.5 Å². The second-order valence-corrected chi connectivity index (χ2v) is 12.0. The van der Waals surface area contributed by atoms with Gasteiger partial charge in [-0.05, 0) is 70.7 Å². The number of hydrogen-bond acceptors (Lipinski definition) is 9. The first kappa shape index (κ1) is 27.6. The second kappa shape index (κ2) is 10.9. The van der Waals surface area contributed by atoms with Crippen LogP contribution in [0.3, 0.4) is 0 Å². The molecule has 0 radical (unpaired) electrons. The number of aliphatic hydroxyl groups is 1. The molecule has 0 bridgehead atoms. The summed E-state index contributed by atoms with van der Waals surface area (Å²) >= 11 is 1.60. The van der Waals surface area contributed by atoms with Crippen molar-refractivity contribution in [2.24, 2.45) is 5.73 Å². The van der Waals surface area contributed by atoms with Crippen LogP contribution in [0.2, 0.25) is 0 Å². The van der Waals surface area contributed by atoms with Gasteiger partial charge in [0.2, 0.25) is 0 Å². The van der Waals surface area contributed by atoms with E-state index in [1.807, 2.05) is 24.0 Å². The average molecular weight is 563 g/mol. The number of aryl methyl sites for hydroxylation is 1. The van der Waals surface area contributed by atoms with Gasteiger partial charge in [-0.25, -0.2) is 8.91 Å². The van der Waals surface area contributed by atoms with Crippen molar-refractivity contribution in [3.63, 3.8) is 0 Å². The Bertz CT molecular complexity index is 1580. The van der Waals surface area contributed by atoms with Gasteiger partial charge in [-0.15, -0.1) is 21.5 Å². The number of nitriles is 1. The summed E-state index contributed by atoms with van der Waals surface area (Å²) in [5.41, 5.74) is 7.14. The molecule has 10 nitrogen and oxygen atoms in total. The van der Waals surface area contributed by atoms with Crippen molar-refractivity contribution in [1.82, 2.24) is 24.8 Å². The number of amides is 1. The Morgan fingerprint density at radius 3 is 2.65 bits per heavy atom. The zero-order valence-corrected chi connectivity index (χ0v) is 23.4. The normalized spacial score (nSPS) is 18.4. The van der Waals surface area contributed by atoms with Gasteiger partial charge in [0.25, 0.3) is 5.91 Å². The largest absolute Gasteiger partial charge is 0.387 e. The number of primary amides is 1. The molecule has 0 spiro atoms. The molecule has 40 heavy (non-hydrogen) atoms. The van der Waals surface area contributed by atoms with Gasteiger partial charge in [-0.2, -0.15) is 10.4 Å². The molecule has 12 heteroatoms. The van der Waals surface area contributed by atoms with E-state index < -0.39 is 17.7 Å². The molecule has 4 aromatic rings. The van der Waals surface area contributed by atoms with Crippen molar-refractivity contribution in [2.75, 3.05) is 11.4 Å². The molecule has 0 saturated heterocycles. The zero-order valence-electron chi connectivity index (χ0n) is 22.6. The Hall–Kier alpha value is -3.95. The van der Waals surface area contributed by atoms with Crippen LogP contribution in [-0.4, -0.2) is 60.2 Å². The number of fused-ring (bicyclic) bond motifs is 1. The fraction of sp³-hybridized carbons (Fsp3) is 0.429. The van der Waals surface area contributed by atoms with Crippen LogP contribution in [0.4, 0.5) is 10.1 Å². The molecule has 1 saturated carbocycles. The van der Waals surface area contributed by atoms with Crippen molar-refractivity contribution in [1.29, 1.82) is 5.26 Å². The number of hydrogen-bond donors (Lipinski definition) is 2. The maximum atomic E-state index is 15.5. The first-order chi connectivity index (χ1) is 19.0. The first-order valence-electron chi connectivity index (χ1n) is 13.2. The fourth-order valence-corrected chi connectivity index (χ4v) is 6.09. The summed E-state index contributed by atoms with van der Waals surface area (Å²) < 4.78 is 17.1. The van der Waals surface area contributed by atoms with Crippen molar-refractivity contribution in [2.45, 2.75) is 70.2 Å². The Morgan fingerprint density at radius 2 is 2.02 bits per heavy atom. The van der Waals surface area contributed by atoms with Gasteiger partial charge in [0.05, 0.1) is 52.1 Å². The number of nitrogens with two attached hydrogens (primary N) is 1. The van der Waals surface area contributed by atoms with E-state index in [-0.39, 0.29) is 24.1 Å². The van der Waals surface area contributed by atoms with E-state index >= 15 is 4.39 Å². The molecule has 5 rings (SSSR count). The maximum Gasteiger partial charge on any atom is 0.252 e. The zero-order chi connectivity index (χ0) is 28.6. The molecule has 0 unspecified atom stereocenters. The Balaban J connectivity index is 1.54. The Labute approximate surface area is 235 Å². The highest BCUT2D eigenvalue weighted by molar-refractivity contribution is 7.11. The lowest BCUT2D eigenvalue weighted by Crippen LogP contribution is -2.48. The van der Waals surface area contributed by atoms with E-state index in [1.54, 1.807) is 28.0 Å². The quantitative estimate of drug-likeness (QED) is 0.325. The Kier molecular flexibility index (Phi) is 7.53. The molecule has 4 aromatic heterocycles. The molecular weight excluding hydrogens is 531 g/mol. The van der Waals surface area contributed by atoms with Crippen LogP contribution in [-0.2, 0) is 0 Å². The standard InChI is InChI=1S/C28H31FN8O2S/c1-16-34-35-27(40-16)18-4-6-19(7-5-18)36(15-25(29)28(2,3)39)24-11-22(32-14-21(24)26(31)38)23-9-8-20-10-17(12-30)13-33-37(20)23/h8-11,13-14,18-19,25,39H,4-7,15H2,1-3H3,(H2,31,38)/t18?,19?,25-/m1/s1. The van der Waals surface area contributed by atoms with Crippen LogP contribution in [0.15, 0.2) is 36.7 Å². The molecule has 208 valence electrons. The number of halogens is 1. The molecule has 3 N–H and O–H groups in total. The molecule has 0 aromatic carbocycles. The maximum absolute atomic E-state index is 15.5. The summed E-state index contributed by atoms with van der Waals surface area (Å²) in [5, 5.41) is 34.5. The fourth-order valence-electron chi connectivity index (χ4n) is 5.22. The molecule has 1 aliphatic rings. The van der Waals surface area contributed by atoms with Crippen LogP contribution in [0.25, 0.3) is 16.9 Å². The van der Waals surface area contributed by atoms with Crippen molar-refractivity contribution in [3.05, 3.63) is 57.8 Å². The summed E-state index contributed by atoms with van der Waals surface area (Å²) in [7, 11) is 0. The predicted octanol–water partition coefficient (Wildman–Crippen LogP) is 4.17. The van der Waals surface area contributed by atoms with Gasteiger partial charge in [0.1, 0.15) is 22.3 Å². The third kappa shape index (κ3) is 5.52. The highest BCUT2D eigenvalue weighted by atomic mass is 32.1. The minimum Gasteiger partial charge on any atom is -0.387 e. The number of carbonyl (C=O) groups excluding carboxylic acids is 1. The van der Waals surface area contributed by atoms with E-state index in [0.29, 0.717) is 28.2 Å². The monoisotopic (exact) mass is 562 g/mol. The SMILES string of the molecule is Cc1nnc(C2CCC(N(C[C@@H](F)C(C)(C)O)c3cc(-c4ccc5cc(C#N)cnn45)ncc3C(N)=O)CC2)s1. The molecule has 1 amide bonds. The smallest absolute Gasteiger partial charge is 0.252 e. The van der Waals surface area contributed by atoms with E-state index in [1.165, 1.54) is 26.2 Å². The van der Waals surface area contributed by atoms with Crippen LogP contribution < -0.4 is 10.6 Å². The third-order valence-electron chi connectivity index (χ3n) is 7.50. The number of alkyl halides is 1. The first-order valence-corrected chi connectivity index (χ1v) is 14.0.